The lowest BCUT2D eigenvalue weighted by atomic mass is 9.82. The summed E-state index contributed by atoms with van der Waals surface area (Å²) in [6.45, 7) is 15.6. The molecule has 2 saturated carbocycles. The van der Waals surface area contributed by atoms with Crippen LogP contribution in [0.15, 0.2) is 24.3 Å². The maximum absolute atomic E-state index is 13.6. The molecule has 1 N–H and O–H groups in total. The molecule has 1 amide bonds. The van der Waals surface area contributed by atoms with Gasteiger partial charge in [-0.3, -0.25) is 9.10 Å². The fourth-order valence-electron chi connectivity index (χ4n) is 6.64. The van der Waals surface area contributed by atoms with E-state index < -0.39 is 0 Å². The molecule has 0 bridgehead atoms. The molecule has 5 rings (SSSR count). The molecule has 3 aliphatic rings. The Balaban J connectivity index is 1.46. The van der Waals surface area contributed by atoms with Gasteiger partial charge in [0, 0.05) is 37.6 Å². The molecule has 0 atom stereocenters. The molecule has 4 nitrogen and oxygen atoms in total. The Morgan fingerprint density at radius 3 is 2.31 bits per heavy atom. The molecule has 1 saturated heterocycles. The van der Waals surface area contributed by atoms with E-state index in [-0.39, 0.29) is 11.3 Å². The van der Waals surface area contributed by atoms with Crippen molar-refractivity contribution in [1.82, 2.24) is 14.2 Å². The van der Waals surface area contributed by atoms with Gasteiger partial charge in [0.15, 0.2) is 0 Å². The van der Waals surface area contributed by atoms with Gasteiger partial charge in [-0.05, 0) is 109 Å². The van der Waals surface area contributed by atoms with Gasteiger partial charge >= 0.3 is 0 Å². The Hall–Kier alpha value is -1.72. The first-order valence-electron chi connectivity index (χ1n) is 15.5. The number of amides is 1. The fourth-order valence-corrected chi connectivity index (χ4v) is 7.21. The van der Waals surface area contributed by atoms with Crippen molar-refractivity contribution in [2.45, 2.75) is 110 Å². The topological polar surface area (TPSA) is 37.3 Å². The molecule has 214 valence electrons. The van der Waals surface area contributed by atoms with Crippen LogP contribution in [0.1, 0.15) is 113 Å². The van der Waals surface area contributed by atoms with Crippen molar-refractivity contribution in [3.63, 3.8) is 0 Å². The summed E-state index contributed by atoms with van der Waals surface area (Å²) < 4.78 is 4.94. The van der Waals surface area contributed by atoms with Crippen molar-refractivity contribution in [1.29, 1.82) is 0 Å². The molecule has 39 heavy (non-hydrogen) atoms. The third-order valence-electron chi connectivity index (χ3n) is 9.95. The van der Waals surface area contributed by atoms with Crippen LogP contribution in [0, 0.1) is 18.8 Å². The van der Waals surface area contributed by atoms with Crippen LogP contribution in [0.3, 0.4) is 0 Å². The third-order valence-corrected chi connectivity index (χ3v) is 10.8. The minimum atomic E-state index is 0.0813. The average Bonchev–Trinajstić information content (AvgIpc) is 3.61. The number of nitrogens with zero attached hydrogens (tertiary/aromatic N) is 2. The monoisotopic (exact) mass is 549 g/mol. The van der Waals surface area contributed by atoms with E-state index in [1.54, 1.807) is 0 Å². The standard InChI is InChI=1S/C34H51N3OS/c1-24-30(32(38)35-22-25-12-16-36(39-6)17-13-25)21-31(37(24)23-26-10-8-7-9-11-26)27-18-28(33(2,3)4)20-29(19-27)34(5)14-15-34/h18-21,25-26H,7-17,22-23H2,1-6H3,(H,35,38). The number of carbonyl (C=O) groups is 1. The number of hydrogen-bond donors (Lipinski definition) is 1. The molecule has 2 heterocycles. The van der Waals surface area contributed by atoms with Gasteiger partial charge in [-0.2, -0.15) is 0 Å². The van der Waals surface area contributed by atoms with Crippen molar-refractivity contribution < 1.29 is 4.79 Å². The second-order valence-corrected chi connectivity index (χ2v) is 14.9. The summed E-state index contributed by atoms with van der Waals surface area (Å²) >= 11 is 1.84. The van der Waals surface area contributed by atoms with Crippen molar-refractivity contribution in [2.24, 2.45) is 11.8 Å². The van der Waals surface area contributed by atoms with Gasteiger partial charge in [0.05, 0.1) is 5.56 Å². The van der Waals surface area contributed by atoms with E-state index in [0.29, 0.717) is 17.3 Å². The van der Waals surface area contributed by atoms with Crippen molar-refractivity contribution in [2.75, 3.05) is 25.9 Å². The van der Waals surface area contributed by atoms with Crippen molar-refractivity contribution >= 4 is 17.9 Å². The van der Waals surface area contributed by atoms with Gasteiger partial charge in [-0.25, -0.2) is 0 Å². The summed E-state index contributed by atoms with van der Waals surface area (Å²) in [6.07, 6.45) is 13.7. The minimum absolute atomic E-state index is 0.0813. The fraction of sp³-hybridized carbons (Fsp3) is 0.676. The van der Waals surface area contributed by atoms with Crippen LogP contribution in [0.25, 0.3) is 11.3 Å². The molecular weight excluding hydrogens is 498 g/mol. The summed E-state index contributed by atoms with van der Waals surface area (Å²) in [7, 11) is 0. The zero-order chi connectivity index (χ0) is 27.8. The van der Waals surface area contributed by atoms with Gasteiger partial charge in [-0.15, -0.1) is 0 Å². The predicted octanol–water partition coefficient (Wildman–Crippen LogP) is 8.11. The quantitative estimate of drug-likeness (QED) is 0.338. The highest BCUT2D eigenvalue weighted by Gasteiger charge is 2.40. The molecule has 3 fully saturated rings. The van der Waals surface area contributed by atoms with Crippen LogP contribution in [0.4, 0.5) is 0 Å². The van der Waals surface area contributed by atoms with E-state index >= 15 is 0 Å². The highest BCUT2D eigenvalue weighted by molar-refractivity contribution is 7.96. The van der Waals surface area contributed by atoms with Crippen LogP contribution in [-0.4, -0.2) is 40.7 Å². The highest BCUT2D eigenvalue weighted by atomic mass is 32.2. The second kappa shape index (κ2) is 11.6. The first-order valence-corrected chi connectivity index (χ1v) is 16.7. The van der Waals surface area contributed by atoms with Crippen LogP contribution in [0.2, 0.25) is 0 Å². The number of hydrogen-bond acceptors (Lipinski definition) is 3. The van der Waals surface area contributed by atoms with E-state index in [4.69, 9.17) is 0 Å². The zero-order valence-corrected chi connectivity index (χ0v) is 26.2. The molecule has 1 aromatic carbocycles. The van der Waals surface area contributed by atoms with Crippen LogP contribution >= 0.6 is 11.9 Å². The maximum atomic E-state index is 13.6. The Morgan fingerprint density at radius 2 is 1.69 bits per heavy atom. The third kappa shape index (κ3) is 6.62. The summed E-state index contributed by atoms with van der Waals surface area (Å²) in [5.74, 6) is 1.38. The number of rotatable bonds is 8. The minimum Gasteiger partial charge on any atom is -0.352 e. The van der Waals surface area contributed by atoms with Crippen LogP contribution in [-0.2, 0) is 17.4 Å². The molecular formula is C34H51N3OS. The normalized spacial score (nSPS) is 20.8. The molecule has 2 aliphatic carbocycles. The molecule has 2 aromatic rings. The van der Waals surface area contributed by atoms with Gasteiger partial charge in [-0.1, -0.05) is 65.0 Å². The van der Waals surface area contributed by atoms with Gasteiger partial charge < -0.3 is 9.88 Å². The van der Waals surface area contributed by atoms with Gasteiger partial charge in [0.2, 0.25) is 0 Å². The van der Waals surface area contributed by atoms with E-state index in [2.05, 4.69) is 79.3 Å². The molecule has 5 heteroatoms. The summed E-state index contributed by atoms with van der Waals surface area (Å²) in [5, 5.41) is 3.34. The number of piperidine rings is 1. The SMILES string of the molecule is CSN1CCC(CNC(=O)c2cc(-c3cc(C(C)(C)C)cc(C4(C)CC4)c3)n(CC3CCCCC3)c2C)CC1. The lowest BCUT2D eigenvalue weighted by Gasteiger charge is -2.30. The lowest BCUT2D eigenvalue weighted by Crippen LogP contribution is -2.36. The first-order chi connectivity index (χ1) is 18.6. The second-order valence-electron chi connectivity index (χ2n) is 14.0. The zero-order valence-electron chi connectivity index (χ0n) is 25.4. The average molecular weight is 550 g/mol. The number of benzene rings is 1. The highest BCUT2D eigenvalue weighted by Crippen LogP contribution is 2.49. The predicted molar refractivity (Wildman–Crippen MR) is 167 cm³/mol. The summed E-state index contributed by atoms with van der Waals surface area (Å²) in [6, 6.07) is 9.51. The van der Waals surface area contributed by atoms with E-state index in [1.807, 2.05) is 11.9 Å². The number of nitrogens with one attached hydrogen (secondary N) is 1. The molecule has 1 aromatic heterocycles. The smallest absolute Gasteiger partial charge is 0.253 e. The largest absolute Gasteiger partial charge is 0.352 e. The van der Waals surface area contributed by atoms with Crippen LogP contribution in [0.5, 0.6) is 0 Å². The van der Waals surface area contributed by atoms with Crippen molar-refractivity contribution in [3.05, 3.63) is 46.6 Å². The first kappa shape index (κ1) is 28.8. The molecule has 0 unspecified atom stereocenters. The lowest BCUT2D eigenvalue weighted by molar-refractivity contribution is 0.0941. The number of aromatic nitrogens is 1. The Bertz CT molecular complexity index is 1130. The summed E-state index contributed by atoms with van der Waals surface area (Å²) in [4.78, 5) is 13.6. The molecule has 0 radical (unpaired) electrons. The van der Waals surface area contributed by atoms with E-state index in [9.17, 15) is 4.79 Å². The van der Waals surface area contributed by atoms with Crippen LogP contribution < -0.4 is 5.32 Å². The Kier molecular flexibility index (Phi) is 8.60. The molecule has 1 aliphatic heterocycles. The van der Waals surface area contributed by atoms with E-state index in [0.717, 1.165) is 50.3 Å². The van der Waals surface area contributed by atoms with Crippen molar-refractivity contribution in [3.8, 4) is 11.3 Å². The Labute approximate surface area is 241 Å². The Morgan fingerprint density at radius 1 is 1.00 bits per heavy atom. The molecule has 0 spiro atoms. The number of carbonyl (C=O) groups excluding carboxylic acids is 1. The van der Waals surface area contributed by atoms with Gasteiger partial charge in [0.1, 0.15) is 0 Å². The maximum Gasteiger partial charge on any atom is 0.253 e. The van der Waals surface area contributed by atoms with Gasteiger partial charge in [0.25, 0.3) is 5.91 Å². The summed E-state index contributed by atoms with van der Waals surface area (Å²) in [5.41, 5.74) is 7.76. The van der Waals surface area contributed by atoms with E-state index in [1.165, 1.54) is 67.3 Å².